The summed E-state index contributed by atoms with van der Waals surface area (Å²) in [4.78, 5) is 13.4. The molecule has 1 aromatic rings. The Morgan fingerprint density at radius 3 is 2.94 bits per heavy atom. The molecule has 0 amide bonds. The monoisotopic (exact) mass is 313 g/mol. The van der Waals surface area contributed by atoms with E-state index in [0.29, 0.717) is 12.0 Å². The van der Waals surface area contributed by atoms with E-state index in [4.69, 9.17) is 0 Å². The number of rotatable bonds is 3. The highest BCUT2D eigenvalue weighted by Gasteiger charge is 2.23. The van der Waals surface area contributed by atoms with Gasteiger partial charge in [0.05, 0.1) is 4.47 Å². The molecule has 0 saturated carbocycles. The summed E-state index contributed by atoms with van der Waals surface area (Å²) in [5.41, 5.74) is 0. The fourth-order valence-corrected chi connectivity index (χ4v) is 2.71. The minimum atomic E-state index is 0.596. The van der Waals surface area contributed by atoms with Crippen LogP contribution < -0.4 is 10.2 Å². The van der Waals surface area contributed by atoms with Gasteiger partial charge < -0.3 is 15.1 Å². The van der Waals surface area contributed by atoms with Gasteiger partial charge in [-0.05, 0) is 42.9 Å². The Bertz CT molecular complexity index is 409. The summed E-state index contributed by atoms with van der Waals surface area (Å²) in [6.45, 7) is 2.08. The Hall–Kier alpha value is -0.880. The summed E-state index contributed by atoms with van der Waals surface area (Å²) in [6.07, 6.45) is 4.27. The summed E-state index contributed by atoms with van der Waals surface area (Å²) in [6, 6.07) is 0.596. The topological polar surface area (TPSA) is 44.3 Å². The van der Waals surface area contributed by atoms with Crippen molar-refractivity contribution in [2.24, 2.45) is 0 Å². The standard InChI is InChI=1S/C12H20BrN5/c1-14-12-15-7-10(13)11(16-12)18-6-4-5-9(8-18)17(2)3/h7,9H,4-6,8H2,1-3H3,(H,14,15,16). The molecule has 1 saturated heterocycles. The number of halogens is 1. The van der Waals surface area contributed by atoms with Crippen molar-refractivity contribution in [3.63, 3.8) is 0 Å². The Kier molecular flexibility index (Phi) is 4.40. The van der Waals surface area contributed by atoms with Crippen LogP contribution in [-0.4, -0.2) is 55.1 Å². The minimum Gasteiger partial charge on any atom is -0.357 e. The molecule has 1 N–H and O–H groups in total. The summed E-state index contributed by atoms with van der Waals surface area (Å²) in [5.74, 6) is 1.65. The maximum Gasteiger partial charge on any atom is 0.224 e. The van der Waals surface area contributed by atoms with Crippen LogP contribution in [0.3, 0.4) is 0 Å². The zero-order valence-corrected chi connectivity index (χ0v) is 12.7. The van der Waals surface area contributed by atoms with Crippen molar-refractivity contribution in [2.45, 2.75) is 18.9 Å². The molecule has 0 aromatic carbocycles. The third kappa shape index (κ3) is 2.92. The second-order valence-corrected chi connectivity index (χ2v) is 5.68. The van der Waals surface area contributed by atoms with Crippen LogP contribution in [0, 0.1) is 0 Å². The van der Waals surface area contributed by atoms with E-state index in [0.717, 1.165) is 23.4 Å². The van der Waals surface area contributed by atoms with Gasteiger partial charge in [-0.3, -0.25) is 0 Å². The molecule has 6 heteroatoms. The van der Waals surface area contributed by atoms with Crippen LogP contribution in [0.1, 0.15) is 12.8 Å². The Morgan fingerprint density at radius 2 is 2.28 bits per heavy atom. The molecule has 100 valence electrons. The molecule has 18 heavy (non-hydrogen) atoms. The van der Waals surface area contributed by atoms with Gasteiger partial charge in [-0.2, -0.15) is 4.98 Å². The number of nitrogens with one attached hydrogen (secondary N) is 1. The third-order valence-electron chi connectivity index (χ3n) is 3.38. The van der Waals surface area contributed by atoms with Crippen molar-refractivity contribution in [2.75, 3.05) is 44.4 Å². The third-order valence-corrected chi connectivity index (χ3v) is 3.93. The van der Waals surface area contributed by atoms with Gasteiger partial charge in [0, 0.05) is 32.4 Å². The van der Waals surface area contributed by atoms with Gasteiger partial charge in [-0.15, -0.1) is 0 Å². The van der Waals surface area contributed by atoms with Gasteiger partial charge >= 0.3 is 0 Å². The molecule has 0 spiro atoms. The molecule has 0 radical (unpaired) electrons. The number of anilines is 2. The summed E-state index contributed by atoms with van der Waals surface area (Å²) >= 11 is 3.54. The van der Waals surface area contributed by atoms with E-state index >= 15 is 0 Å². The van der Waals surface area contributed by atoms with Crippen LogP contribution in [0.25, 0.3) is 0 Å². The van der Waals surface area contributed by atoms with Gasteiger partial charge in [0.1, 0.15) is 5.82 Å². The van der Waals surface area contributed by atoms with E-state index in [1.165, 1.54) is 12.8 Å². The number of piperidine rings is 1. The predicted octanol–water partition coefficient (Wildman–Crippen LogP) is 1.81. The lowest BCUT2D eigenvalue weighted by atomic mass is 10.1. The van der Waals surface area contributed by atoms with Crippen molar-refractivity contribution in [3.8, 4) is 0 Å². The zero-order valence-electron chi connectivity index (χ0n) is 11.1. The average molecular weight is 314 g/mol. The van der Waals surface area contributed by atoms with Gasteiger partial charge in [0.2, 0.25) is 5.95 Å². The number of hydrogen-bond donors (Lipinski definition) is 1. The largest absolute Gasteiger partial charge is 0.357 e. The van der Waals surface area contributed by atoms with Gasteiger partial charge in [0.25, 0.3) is 0 Å². The number of aromatic nitrogens is 2. The first kappa shape index (κ1) is 13.5. The lowest BCUT2D eigenvalue weighted by Crippen LogP contribution is -2.45. The number of hydrogen-bond acceptors (Lipinski definition) is 5. The van der Waals surface area contributed by atoms with Gasteiger partial charge in [-0.25, -0.2) is 4.98 Å². The van der Waals surface area contributed by atoms with E-state index in [2.05, 4.69) is 55.1 Å². The first-order valence-corrected chi connectivity index (χ1v) is 7.02. The highest BCUT2D eigenvalue weighted by atomic mass is 79.9. The van der Waals surface area contributed by atoms with Crippen LogP contribution in [0.15, 0.2) is 10.7 Å². The van der Waals surface area contributed by atoms with E-state index in [1.807, 2.05) is 13.2 Å². The molecule has 1 aliphatic rings. The lowest BCUT2D eigenvalue weighted by molar-refractivity contribution is 0.257. The highest BCUT2D eigenvalue weighted by molar-refractivity contribution is 9.10. The Labute approximate surface area is 117 Å². The fourth-order valence-electron chi connectivity index (χ4n) is 2.27. The normalized spacial score (nSPS) is 20.3. The molecular formula is C12H20BrN5. The molecule has 1 aliphatic heterocycles. The second-order valence-electron chi connectivity index (χ2n) is 4.82. The summed E-state index contributed by atoms with van der Waals surface area (Å²) in [7, 11) is 6.12. The van der Waals surface area contributed by atoms with Gasteiger partial charge in [-0.1, -0.05) is 0 Å². The predicted molar refractivity (Wildman–Crippen MR) is 78.2 cm³/mol. The van der Waals surface area contributed by atoms with E-state index < -0.39 is 0 Å². The summed E-state index contributed by atoms with van der Waals surface area (Å²) < 4.78 is 0.959. The molecule has 1 atom stereocenters. The molecule has 0 aliphatic carbocycles. The minimum absolute atomic E-state index is 0.596. The van der Waals surface area contributed by atoms with E-state index in [9.17, 15) is 0 Å². The maximum absolute atomic E-state index is 4.55. The molecule has 1 fully saturated rings. The zero-order chi connectivity index (χ0) is 13.1. The quantitative estimate of drug-likeness (QED) is 0.922. The molecule has 2 rings (SSSR count). The van der Waals surface area contributed by atoms with Crippen molar-refractivity contribution in [1.82, 2.24) is 14.9 Å². The summed E-state index contributed by atoms with van der Waals surface area (Å²) in [5, 5.41) is 2.99. The molecule has 0 bridgehead atoms. The van der Waals surface area contributed by atoms with Crippen LogP contribution in [-0.2, 0) is 0 Å². The van der Waals surface area contributed by atoms with Crippen molar-refractivity contribution >= 4 is 27.7 Å². The van der Waals surface area contributed by atoms with Crippen LogP contribution in [0.4, 0.5) is 11.8 Å². The Balaban J connectivity index is 2.19. The molecule has 5 nitrogen and oxygen atoms in total. The number of likely N-dealkylation sites (N-methyl/N-ethyl adjacent to an activating group) is 1. The average Bonchev–Trinajstić information content (AvgIpc) is 2.39. The first-order valence-electron chi connectivity index (χ1n) is 6.23. The Morgan fingerprint density at radius 1 is 1.50 bits per heavy atom. The van der Waals surface area contributed by atoms with E-state index in [1.54, 1.807) is 0 Å². The molecule has 1 aromatic heterocycles. The van der Waals surface area contributed by atoms with Crippen LogP contribution >= 0.6 is 15.9 Å². The van der Waals surface area contributed by atoms with Crippen LogP contribution in [0.5, 0.6) is 0 Å². The lowest BCUT2D eigenvalue weighted by Gasteiger charge is -2.37. The molecular weight excluding hydrogens is 294 g/mol. The molecule has 1 unspecified atom stereocenters. The molecule has 2 heterocycles. The van der Waals surface area contributed by atoms with E-state index in [-0.39, 0.29) is 0 Å². The maximum atomic E-state index is 4.55. The van der Waals surface area contributed by atoms with Crippen molar-refractivity contribution in [3.05, 3.63) is 10.7 Å². The fraction of sp³-hybridized carbons (Fsp3) is 0.667. The first-order chi connectivity index (χ1) is 8.61. The second kappa shape index (κ2) is 5.84. The SMILES string of the molecule is CNc1ncc(Br)c(N2CCCC(N(C)C)C2)n1. The number of nitrogens with zero attached hydrogens (tertiary/aromatic N) is 4. The van der Waals surface area contributed by atoms with Crippen molar-refractivity contribution < 1.29 is 0 Å². The smallest absolute Gasteiger partial charge is 0.224 e. The highest BCUT2D eigenvalue weighted by Crippen LogP contribution is 2.27. The van der Waals surface area contributed by atoms with Crippen LogP contribution in [0.2, 0.25) is 0 Å². The van der Waals surface area contributed by atoms with Crippen molar-refractivity contribution in [1.29, 1.82) is 0 Å². The van der Waals surface area contributed by atoms with Gasteiger partial charge in [0.15, 0.2) is 0 Å².